The molecule has 0 amide bonds. The monoisotopic (exact) mass is 267 g/mol. The fraction of sp³-hybridized carbons (Fsp3) is 0.455. The minimum absolute atomic E-state index is 0.00255. The van der Waals surface area contributed by atoms with Crippen molar-refractivity contribution in [3.63, 3.8) is 0 Å². The van der Waals surface area contributed by atoms with Crippen LogP contribution in [-0.2, 0) is 4.74 Å². The van der Waals surface area contributed by atoms with Crippen LogP contribution in [0, 0.1) is 12.3 Å². The lowest BCUT2D eigenvalue weighted by atomic mass is 9.95. The van der Waals surface area contributed by atoms with Gasteiger partial charge in [0.15, 0.2) is 11.8 Å². The summed E-state index contributed by atoms with van der Waals surface area (Å²) in [5, 5.41) is 29.1. The highest BCUT2D eigenvalue weighted by atomic mass is 16.6. The van der Waals surface area contributed by atoms with Crippen molar-refractivity contribution in [3.8, 4) is 12.3 Å². The summed E-state index contributed by atoms with van der Waals surface area (Å²) in [6.45, 7) is -0.557. The van der Waals surface area contributed by atoms with Gasteiger partial charge in [-0.3, -0.25) is 4.57 Å². The lowest BCUT2D eigenvalue weighted by Gasteiger charge is -2.26. The van der Waals surface area contributed by atoms with Crippen molar-refractivity contribution in [2.45, 2.75) is 24.0 Å². The van der Waals surface area contributed by atoms with Crippen LogP contribution in [0.25, 0.3) is 0 Å². The molecule has 1 saturated heterocycles. The zero-order chi connectivity index (χ0) is 14.2. The number of nitrogens with two attached hydrogens (primary N) is 1. The first kappa shape index (κ1) is 13.5. The average molecular weight is 267 g/mol. The molecule has 8 nitrogen and oxygen atoms in total. The Morgan fingerprint density at radius 3 is 2.89 bits per heavy atom. The van der Waals surface area contributed by atoms with Gasteiger partial charge in [-0.05, 0) is 6.07 Å². The van der Waals surface area contributed by atoms with Gasteiger partial charge >= 0.3 is 5.69 Å². The number of terminal acetylenes is 1. The van der Waals surface area contributed by atoms with Gasteiger partial charge in [0.25, 0.3) is 0 Å². The number of hydrogen-bond acceptors (Lipinski definition) is 7. The maximum atomic E-state index is 11.7. The zero-order valence-electron chi connectivity index (χ0n) is 9.80. The summed E-state index contributed by atoms with van der Waals surface area (Å²) < 4.78 is 6.14. The standard InChI is InChI=1S/C11H13N3O5/c1-2-11(18)8(16)6(5-15)19-9(11)14-4-3-7(12)13-10(14)17/h1,3-4,6,8-9,15-16,18H,5H2,(H2,12,13,17)/t6-,8+,9-,11?/m1/s1. The Balaban J connectivity index is 2.49. The highest BCUT2D eigenvalue weighted by Crippen LogP contribution is 2.37. The predicted molar refractivity (Wildman–Crippen MR) is 63.7 cm³/mol. The van der Waals surface area contributed by atoms with Crippen molar-refractivity contribution < 1.29 is 20.1 Å². The molecule has 4 atom stereocenters. The van der Waals surface area contributed by atoms with Crippen LogP contribution in [0.1, 0.15) is 6.23 Å². The zero-order valence-corrected chi connectivity index (χ0v) is 9.80. The van der Waals surface area contributed by atoms with E-state index in [-0.39, 0.29) is 5.82 Å². The van der Waals surface area contributed by atoms with Gasteiger partial charge in [-0.2, -0.15) is 4.98 Å². The lowest BCUT2D eigenvalue weighted by molar-refractivity contribution is -0.0763. The van der Waals surface area contributed by atoms with Crippen LogP contribution < -0.4 is 11.4 Å². The van der Waals surface area contributed by atoms with Gasteiger partial charge in [0, 0.05) is 6.20 Å². The molecule has 8 heteroatoms. The summed E-state index contributed by atoms with van der Waals surface area (Å²) in [6, 6.07) is 1.32. The van der Waals surface area contributed by atoms with Crippen LogP contribution in [0.5, 0.6) is 0 Å². The number of rotatable bonds is 2. The first-order valence-electron chi connectivity index (χ1n) is 5.43. The third-order valence-electron chi connectivity index (χ3n) is 3.00. The Kier molecular flexibility index (Phi) is 3.30. The minimum Gasteiger partial charge on any atom is -0.394 e. The number of hydrogen-bond donors (Lipinski definition) is 4. The first-order valence-corrected chi connectivity index (χ1v) is 5.43. The van der Waals surface area contributed by atoms with E-state index >= 15 is 0 Å². The Hall–Kier alpha value is -1.92. The molecule has 2 heterocycles. The third-order valence-corrected chi connectivity index (χ3v) is 3.00. The number of aromatic nitrogens is 2. The summed E-state index contributed by atoms with van der Waals surface area (Å²) >= 11 is 0. The Labute approximate surface area is 108 Å². The van der Waals surface area contributed by atoms with Crippen LogP contribution in [-0.4, -0.2) is 49.3 Å². The van der Waals surface area contributed by atoms with Gasteiger partial charge in [-0.25, -0.2) is 4.79 Å². The predicted octanol–water partition coefficient (Wildman–Crippen LogP) is -2.56. The van der Waals surface area contributed by atoms with E-state index in [9.17, 15) is 15.0 Å². The van der Waals surface area contributed by atoms with Crippen LogP contribution in [0.15, 0.2) is 17.1 Å². The Bertz CT molecular complexity index is 580. The van der Waals surface area contributed by atoms with Gasteiger partial charge in [-0.1, -0.05) is 5.92 Å². The SMILES string of the molecule is C#CC1(O)[C@@H](O)[C@@H](CO)O[C@H]1n1ccc(N)nc1=O. The molecule has 0 bridgehead atoms. The van der Waals surface area contributed by atoms with E-state index in [0.717, 1.165) is 4.57 Å². The highest BCUT2D eigenvalue weighted by Gasteiger charge is 2.55. The number of anilines is 1. The normalized spacial score (nSPS) is 34.1. The van der Waals surface area contributed by atoms with Crippen molar-refractivity contribution >= 4 is 5.82 Å². The van der Waals surface area contributed by atoms with Gasteiger partial charge < -0.3 is 25.8 Å². The van der Waals surface area contributed by atoms with E-state index < -0.39 is 36.3 Å². The molecule has 1 aromatic rings. The molecule has 1 fully saturated rings. The second-order valence-electron chi connectivity index (χ2n) is 4.17. The quantitative estimate of drug-likeness (QED) is 0.433. The molecule has 2 rings (SSSR count). The molecule has 1 aliphatic heterocycles. The van der Waals surface area contributed by atoms with Crippen LogP contribution in [0.3, 0.4) is 0 Å². The summed E-state index contributed by atoms with van der Waals surface area (Å²) in [4.78, 5) is 15.2. The van der Waals surface area contributed by atoms with Crippen molar-refractivity contribution in [1.82, 2.24) is 9.55 Å². The van der Waals surface area contributed by atoms with Crippen LogP contribution in [0.4, 0.5) is 5.82 Å². The van der Waals surface area contributed by atoms with E-state index in [1.54, 1.807) is 0 Å². The molecule has 1 aliphatic rings. The summed E-state index contributed by atoms with van der Waals surface area (Å²) in [7, 11) is 0. The largest absolute Gasteiger partial charge is 0.394 e. The van der Waals surface area contributed by atoms with E-state index in [1.165, 1.54) is 12.3 Å². The molecule has 0 aliphatic carbocycles. The number of aliphatic hydroxyl groups is 3. The molecule has 5 N–H and O–H groups in total. The van der Waals surface area contributed by atoms with Crippen molar-refractivity contribution in [2.75, 3.05) is 12.3 Å². The molecular weight excluding hydrogens is 254 g/mol. The van der Waals surface area contributed by atoms with Crippen molar-refractivity contribution in [3.05, 3.63) is 22.7 Å². The minimum atomic E-state index is -2.14. The number of aliphatic hydroxyl groups excluding tert-OH is 2. The fourth-order valence-corrected chi connectivity index (χ4v) is 1.95. The van der Waals surface area contributed by atoms with E-state index in [1.807, 2.05) is 5.92 Å². The van der Waals surface area contributed by atoms with E-state index in [2.05, 4.69) is 4.98 Å². The number of nitrogen functional groups attached to an aromatic ring is 1. The fourth-order valence-electron chi connectivity index (χ4n) is 1.95. The van der Waals surface area contributed by atoms with Gasteiger partial charge in [0.2, 0.25) is 0 Å². The van der Waals surface area contributed by atoms with Gasteiger partial charge in [0.1, 0.15) is 18.0 Å². The smallest absolute Gasteiger partial charge is 0.351 e. The van der Waals surface area contributed by atoms with Crippen molar-refractivity contribution in [2.24, 2.45) is 0 Å². The second kappa shape index (κ2) is 4.64. The number of ether oxygens (including phenoxy) is 1. The molecular formula is C11H13N3O5. The average Bonchev–Trinajstić information content (AvgIpc) is 2.63. The topological polar surface area (TPSA) is 131 Å². The van der Waals surface area contributed by atoms with Crippen LogP contribution >= 0.6 is 0 Å². The van der Waals surface area contributed by atoms with E-state index in [4.69, 9.17) is 22.0 Å². The second-order valence-corrected chi connectivity index (χ2v) is 4.17. The Morgan fingerprint density at radius 2 is 2.37 bits per heavy atom. The molecule has 0 aromatic carbocycles. The molecule has 19 heavy (non-hydrogen) atoms. The lowest BCUT2D eigenvalue weighted by Crippen LogP contribution is -2.47. The summed E-state index contributed by atoms with van der Waals surface area (Å²) in [5.41, 5.74) is 2.42. The summed E-state index contributed by atoms with van der Waals surface area (Å²) in [6.07, 6.45) is 2.45. The first-order chi connectivity index (χ1) is 8.93. The van der Waals surface area contributed by atoms with Crippen LogP contribution in [0.2, 0.25) is 0 Å². The molecule has 0 radical (unpaired) electrons. The Morgan fingerprint density at radius 1 is 1.68 bits per heavy atom. The molecule has 1 aromatic heterocycles. The maximum Gasteiger partial charge on any atom is 0.351 e. The molecule has 0 spiro atoms. The maximum absolute atomic E-state index is 11.7. The number of nitrogens with zero attached hydrogens (tertiary/aromatic N) is 2. The van der Waals surface area contributed by atoms with E-state index in [0.29, 0.717) is 0 Å². The highest BCUT2D eigenvalue weighted by molar-refractivity contribution is 5.25. The molecule has 1 unspecified atom stereocenters. The molecule has 0 saturated carbocycles. The molecule has 102 valence electrons. The summed E-state index contributed by atoms with van der Waals surface area (Å²) in [5.74, 6) is 2.00. The third kappa shape index (κ3) is 1.98. The van der Waals surface area contributed by atoms with Crippen molar-refractivity contribution in [1.29, 1.82) is 0 Å². The van der Waals surface area contributed by atoms with Gasteiger partial charge in [0.05, 0.1) is 6.61 Å². The van der Waals surface area contributed by atoms with Gasteiger partial charge in [-0.15, -0.1) is 6.42 Å².